The number of carboxylic acid groups (broad SMARTS) is 1. The highest BCUT2D eigenvalue weighted by Gasteiger charge is 2.29. The summed E-state index contributed by atoms with van der Waals surface area (Å²) in [6.45, 7) is 2.25. The van der Waals surface area contributed by atoms with Gasteiger partial charge in [-0.3, -0.25) is 33.0 Å². The van der Waals surface area contributed by atoms with Crippen molar-refractivity contribution in [3.05, 3.63) is 0 Å². The van der Waals surface area contributed by atoms with Gasteiger partial charge in [-0.05, 0) is 26.2 Å². The van der Waals surface area contributed by atoms with E-state index in [1.807, 2.05) is 0 Å². The minimum absolute atomic E-state index is 0.0119. The first-order valence-corrected chi connectivity index (χ1v) is 18.7. The van der Waals surface area contributed by atoms with Crippen molar-refractivity contribution < 1.29 is 71.3 Å². The Balaban J connectivity index is 4.75. The van der Waals surface area contributed by atoms with Crippen molar-refractivity contribution in [2.75, 3.05) is 26.4 Å². The Labute approximate surface area is 289 Å². The van der Waals surface area contributed by atoms with Gasteiger partial charge in [0.05, 0.1) is 13.2 Å². The predicted molar refractivity (Wildman–Crippen MR) is 176 cm³/mol. The number of rotatable bonds is 32. The lowest BCUT2D eigenvalue weighted by Gasteiger charge is -2.21. The second kappa shape index (κ2) is 28.9. The van der Waals surface area contributed by atoms with E-state index in [2.05, 4.69) is 6.92 Å². The molecule has 0 saturated heterocycles. The van der Waals surface area contributed by atoms with Crippen molar-refractivity contribution in [3.63, 3.8) is 0 Å². The van der Waals surface area contributed by atoms with E-state index in [0.29, 0.717) is 6.42 Å². The summed E-state index contributed by atoms with van der Waals surface area (Å²) >= 11 is 0. The van der Waals surface area contributed by atoms with Crippen molar-refractivity contribution in [1.82, 2.24) is 0 Å². The topological polar surface area (TPSA) is 215 Å². The van der Waals surface area contributed by atoms with E-state index in [-0.39, 0.29) is 50.7 Å². The van der Waals surface area contributed by atoms with Gasteiger partial charge in [-0.15, -0.1) is 0 Å². The summed E-state index contributed by atoms with van der Waals surface area (Å²) in [6, 6.07) is 0. The summed E-state index contributed by atoms with van der Waals surface area (Å²) in [5.74, 6) is -4.05. The average molecular weight is 725 g/mol. The van der Waals surface area contributed by atoms with E-state index >= 15 is 0 Å². The summed E-state index contributed by atoms with van der Waals surface area (Å²) < 4.78 is 42.8. The standard InChI is InChI=1S/C33H57O15P/c1-4-5-6-7-8-9-10-11-12-13-14-19-31(38)43-22-28(47-27(3)35)24-45-49(41,42)46-25-29(48-33(40)21-15-17-26(2)34)23-44-32(39)20-16-18-30(36)37/h28-29H,4-25H2,1-3H3,(H,36,37)(H,41,42)/t28-,29?/m1/s1. The molecule has 2 N–H and O–H groups in total. The number of ether oxygens (including phenoxy) is 4. The summed E-state index contributed by atoms with van der Waals surface area (Å²) in [6.07, 6.45) is 9.71. The Morgan fingerprint density at radius 2 is 0.980 bits per heavy atom. The molecule has 284 valence electrons. The van der Waals surface area contributed by atoms with Gasteiger partial charge in [0.1, 0.15) is 19.0 Å². The molecular weight excluding hydrogens is 667 g/mol. The number of Topliss-reactive ketones (excluding diaryl/α,β-unsaturated/α-hetero) is 1. The number of unbranched alkanes of at least 4 members (excludes halogenated alkanes) is 10. The molecule has 0 aromatic heterocycles. The zero-order valence-electron chi connectivity index (χ0n) is 29.4. The van der Waals surface area contributed by atoms with Gasteiger partial charge < -0.3 is 33.7 Å². The molecule has 0 saturated carbocycles. The quantitative estimate of drug-likeness (QED) is 0.0365. The molecule has 16 heteroatoms. The molecule has 3 atom stereocenters. The molecule has 0 aliphatic carbocycles. The maximum Gasteiger partial charge on any atom is 0.472 e. The van der Waals surface area contributed by atoms with E-state index in [4.69, 9.17) is 33.1 Å². The molecule has 0 amide bonds. The van der Waals surface area contributed by atoms with Crippen LogP contribution in [0.15, 0.2) is 0 Å². The van der Waals surface area contributed by atoms with Crippen LogP contribution >= 0.6 is 7.82 Å². The second-order valence-electron chi connectivity index (χ2n) is 11.9. The largest absolute Gasteiger partial charge is 0.481 e. The van der Waals surface area contributed by atoms with Crippen LogP contribution in [-0.2, 0) is 61.3 Å². The summed E-state index contributed by atoms with van der Waals surface area (Å²) in [4.78, 5) is 79.9. The molecule has 0 bridgehead atoms. The highest BCUT2D eigenvalue weighted by atomic mass is 31.2. The van der Waals surface area contributed by atoms with Gasteiger partial charge in [0.25, 0.3) is 0 Å². The zero-order chi connectivity index (χ0) is 36.9. The van der Waals surface area contributed by atoms with E-state index < -0.39 is 76.3 Å². The van der Waals surface area contributed by atoms with Crippen LogP contribution in [-0.4, -0.2) is 84.3 Å². The zero-order valence-corrected chi connectivity index (χ0v) is 30.3. The van der Waals surface area contributed by atoms with Crippen LogP contribution in [0.25, 0.3) is 0 Å². The van der Waals surface area contributed by atoms with Gasteiger partial charge in [-0.25, -0.2) is 4.57 Å². The highest BCUT2D eigenvalue weighted by Crippen LogP contribution is 2.43. The first kappa shape index (κ1) is 46.1. The Kier molecular flexibility index (Phi) is 27.2. The van der Waals surface area contributed by atoms with Crippen LogP contribution in [0.3, 0.4) is 0 Å². The highest BCUT2D eigenvalue weighted by molar-refractivity contribution is 7.47. The van der Waals surface area contributed by atoms with E-state index in [0.717, 1.165) is 26.2 Å². The monoisotopic (exact) mass is 724 g/mol. The first-order valence-electron chi connectivity index (χ1n) is 17.2. The Hall–Kier alpha value is -2.87. The molecule has 0 radical (unpaired) electrons. The third-order valence-electron chi connectivity index (χ3n) is 7.00. The molecule has 0 aliphatic rings. The van der Waals surface area contributed by atoms with Crippen molar-refractivity contribution in [2.24, 2.45) is 0 Å². The van der Waals surface area contributed by atoms with Crippen LogP contribution in [0.5, 0.6) is 0 Å². The number of hydrogen-bond donors (Lipinski definition) is 2. The van der Waals surface area contributed by atoms with Gasteiger partial charge in [0, 0.05) is 39.0 Å². The molecule has 0 fully saturated rings. The summed E-state index contributed by atoms with van der Waals surface area (Å²) in [5, 5.41) is 8.70. The van der Waals surface area contributed by atoms with Gasteiger partial charge in [-0.2, -0.15) is 0 Å². The van der Waals surface area contributed by atoms with Crippen molar-refractivity contribution in [2.45, 2.75) is 149 Å². The van der Waals surface area contributed by atoms with Crippen molar-refractivity contribution in [1.29, 1.82) is 0 Å². The smallest absolute Gasteiger partial charge is 0.472 e. The molecule has 2 unspecified atom stereocenters. The number of ketones is 1. The molecule has 49 heavy (non-hydrogen) atoms. The van der Waals surface area contributed by atoms with Gasteiger partial charge in [-0.1, -0.05) is 71.1 Å². The Bertz CT molecular complexity index is 1030. The molecular formula is C33H57O15P. The fraction of sp³-hybridized carbons (Fsp3) is 0.818. The molecule has 0 aromatic carbocycles. The maximum atomic E-state index is 12.6. The second-order valence-corrected chi connectivity index (χ2v) is 13.3. The minimum atomic E-state index is -4.86. The lowest BCUT2D eigenvalue weighted by atomic mass is 10.1. The molecule has 0 spiro atoms. The Morgan fingerprint density at radius 1 is 0.551 bits per heavy atom. The lowest BCUT2D eigenvalue weighted by molar-refractivity contribution is -0.162. The third kappa shape index (κ3) is 30.9. The van der Waals surface area contributed by atoms with E-state index in [1.165, 1.54) is 51.9 Å². The van der Waals surface area contributed by atoms with Gasteiger partial charge >= 0.3 is 37.7 Å². The molecule has 15 nitrogen and oxygen atoms in total. The number of hydrogen-bond acceptors (Lipinski definition) is 13. The molecule has 0 heterocycles. The lowest BCUT2D eigenvalue weighted by Crippen LogP contribution is -2.30. The fourth-order valence-electron chi connectivity index (χ4n) is 4.42. The summed E-state index contributed by atoms with van der Waals surface area (Å²) in [5.41, 5.74) is 0. The van der Waals surface area contributed by atoms with Gasteiger partial charge in [0.2, 0.25) is 0 Å². The van der Waals surface area contributed by atoms with Crippen molar-refractivity contribution >= 4 is 43.5 Å². The summed E-state index contributed by atoms with van der Waals surface area (Å²) in [7, 11) is -4.86. The number of carbonyl (C=O) groups excluding carboxylic acids is 5. The third-order valence-corrected chi connectivity index (χ3v) is 7.95. The number of aliphatic carboxylic acids is 1. The van der Waals surface area contributed by atoms with E-state index in [9.17, 15) is 38.2 Å². The van der Waals surface area contributed by atoms with Crippen LogP contribution in [0.2, 0.25) is 0 Å². The van der Waals surface area contributed by atoms with Gasteiger partial charge in [0.15, 0.2) is 12.2 Å². The maximum absolute atomic E-state index is 12.6. The van der Waals surface area contributed by atoms with E-state index in [1.54, 1.807) is 0 Å². The molecule has 0 aliphatic heterocycles. The molecule has 0 rings (SSSR count). The average Bonchev–Trinajstić information content (AvgIpc) is 3.02. The number of phosphoric acid groups is 1. The predicted octanol–water partition coefficient (Wildman–Crippen LogP) is 5.77. The van der Waals surface area contributed by atoms with Crippen LogP contribution in [0.1, 0.15) is 136 Å². The van der Waals surface area contributed by atoms with Crippen molar-refractivity contribution in [3.8, 4) is 0 Å². The van der Waals surface area contributed by atoms with Crippen LogP contribution in [0, 0.1) is 0 Å². The number of carbonyl (C=O) groups is 6. The number of carboxylic acids is 1. The first-order chi connectivity index (χ1) is 23.2. The fourth-order valence-corrected chi connectivity index (χ4v) is 5.20. The van der Waals surface area contributed by atoms with Crippen LogP contribution in [0.4, 0.5) is 0 Å². The number of phosphoric ester groups is 1. The Morgan fingerprint density at radius 3 is 1.45 bits per heavy atom. The SMILES string of the molecule is CCCCCCCCCCCCCC(=O)OC[C@H](COP(=O)(O)OCC(COC(=O)CCCC(=O)O)OC(=O)CCCC(C)=O)OC(C)=O. The molecule has 0 aromatic rings. The van der Waals surface area contributed by atoms with Crippen LogP contribution < -0.4 is 0 Å². The normalized spacial score (nSPS) is 13.5. The number of esters is 4. The minimum Gasteiger partial charge on any atom is -0.481 e.